The Bertz CT molecular complexity index is 597. The van der Waals surface area contributed by atoms with Gasteiger partial charge in [0, 0.05) is 4.91 Å². The molecule has 1 aromatic carbocycles. The van der Waals surface area contributed by atoms with Crippen LogP contribution in [0.3, 0.4) is 0 Å². The highest BCUT2D eigenvalue weighted by Gasteiger charge is 2.16. The van der Waals surface area contributed by atoms with Gasteiger partial charge in [-0.2, -0.15) is 0 Å². The van der Waals surface area contributed by atoms with Crippen molar-refractivity contribution in [1.82, 2.24) is 0 Å². The third-order valence-electron chi connectivity index (χ3n) is 2.18. The first-order chi connectivity index (χ1) is 8.41. The van der Waals surface area contributed by atoms with E-state index in [9.17, 15) is 12.8 Å². The summed E-state index contributed by atoms with van der Waals surface area (Å²) in [5, 5.41) is 2.96. The molecule has 0 saturated carbocycles. The number of hydrogen-bond acceptors (Lipinski definition) is 3. The van der Waals surface area contributed by atoms with Gasteiger partial charge in [0.25, 0.3) is 0 Å². The Morgan fingerprint density at radius 1 is 1.50 bits per heavy atom. The minimum atomic E-state index is -3.29. The lowest BCUT2D eigenvalue weighted by Gasteiger charge is -2.08. The predicted molar refractivity (Wildman–Crippen MR) is 68.0 cm³/mol. The van der Waals surface area contributed by atoms with Gasteiger partial charge < -0.3 is 0 Å². The van der Waals surface area contributed by atoms with E-state index in [0.29, 0.717) is 6.42 Å². The summed E-state index contributed by atoms with van der Waals surface area (Å²) in [4.78, 5) is 2.45. The largest absolute Gasteiger partial charge is 0.228 e. The summed E-state index contributed by atoms with van der Waals surface area (Å²) in [5.41, 5.74) is 8.15. The molecule has 0 unspecified atom stereocenters. The molecule has 0 radical (unpaired) electrons. The molecule has 18 heavy (non-hydrogen) atoms. The SMILES string of the molecule is CCCS(=O)(=O)Cc1ccc(F)c(N=[N+]=[N-])c1Cl. The van der Waals surface area contributed by atoms with Crippen LogP contribution in [0.2, 0.25) is 5.02 Å². The molecule has 0 spiro atoms. The van der Waals surface area contributed by atoms with E-state index in [-0.39, 0.29) is 27.8 Å². The Labute approximate surface area is 109 Å². The van der Waals surface area contributed by atoms with Crippen LogP contribution in [0.5, 0.6) is 0 Å². The normalized spacial score (nSPS) is 11.1. The monoisotopic (exact) mass is 291 g/mol. The van der Waals surface area contributed by atoms with E-state index in [1.165, 1.54) is 6.07 Å². The Balaban J connectivity index is 3.20. The lowest BCUT2D eigenvalue weighted by Crippen LogP contribution is -2.09. The maximum atomic E-state index is 13.3. The predicted octanol–water partition coefficient (Wildman–Crippen LogP) is 3.75. The van der Waals surface area contributed by atoms with Gasteiger partial charge in [-0.1, -0.05) is 29.7 Å². The lowest BCUT2D eigenvalue weighted by atomic mass is 10.2. The molecule has 0 N–H and O–H groups in total. The molecular formula is C10H11ClFN3O2S. The average Bonchev–Trinajstić information content (AvgIpc) is 2.28. The fraction of sp³-hybridized carbons (Fsp3) is 0.400. The van der Waals surface area contributed by atoms with E-state index in [1.54, 1.807) is 6.92 Å². The molecule has 0 aliphatic heterocycles. The minimum Gasteiger partial charge on any atom is -0.228 e. The molecule has 5 nitrogen and oxygen atoms in total. The summed E-state index contributed by atoms with van der Waals surface area (Å²) < 4.78 is 36.6. The van der Waals surface area contributed by atoms with Gasteiger partial charge in [-0.15, -0.1) is 0 Å². The van der Waals surface area contributed by atoms with Crippen molar-refractivity contribution < 1.29 is 12.8 Å². The molecule has 0 amide bonds. The second kappa shape index (κ2) is 6.04. The van der Waals surface area contributed by atoms with E-state index >= 15 is 0 Å². The summed E-state index contributed by atoms with van der Waals surface area (Å²) in [6.45, 7) is 1.75. The Hall–Kier alpha value is -1.30. The van der Waals surface area contributed by atoms with E-state index < -0.39 is 15.7 Å². The highest BCUT2D eigenvalue weighted by atomic mass is 35.5. The molecule has 0 aliphatic carbocycles. The quantitative estimate of drug-likeness (QED) is 0.470. The number of nitrogens with zero attached hydrogens (tertiary/aromatic N) is 3. The van der Waals surface area contributed by atoms with Crippen LogP contribution in [0, 0.1) is 5.82 Å². The smallest absolute Gasteiger partial charge is 0.154 e. The lowest BCUT2D eigenvalue weighted by molar-refractivity contribution is 0.593. The van der Waals surface area contributed by atoms with Crippen LogP contribution in [-0.4, -0.2) is 14.2 Å². The van der Waals surface area contributed by atoms with E-state index in [4.69, 9.17) is 17.1 Å². The third-order valence-corrected chi connectivity index (χ3v) is 4.38. The van der Waals surface area contributed by atoms with Crippen LogP contribution in [0.4, 0.5) is 10.1 Å². The van der Waals surface area contributed by atoms with Gasteiger partial charge >= 0.3 is 0 Å². The zero-order valence-corrected chi connectivity index (χ0v) is 11.2. The number of azide groups is 1. The molecule has 1 aromatic rings. The molecule has 0 fully saturated rings. The summed E-state index contributed by atoms with van der Waals surface area (Å²) in [6.07, 6.45) is 0.490. The van der Waals surface area contributed by atoms with Crippen LogP contribution in [0.25, 0.3) is 10.4 Å². The van der Waals surface area contributed by atoms with E-state index in [2.05, 4.69) is 10.0 Å². The number of benzene rings is 1. The molecule has 98 valence electrons. The summed E-state index contributed by atoms with van der Waals surface area (Å²) >= 11 is 5.83. The second-order valence-electron chi connectivity index (χ2n) is 3.65. The highest BCUT2D eigenvalue weighted by Crippen LogP contribution is 2.32. The zero-order chi connectivity index (χ0) is 13.8. The first-order valence-electron chi connectivity index (χ1n) is 5.13. The molecule has 0 atom stereocenters. The van der Waals surface area contributed by atoms with Gasteiger partial charge in [0.1, 0.15) is 5.82 Å². The van der Waals surface area contributed by atoms with E-state index in [0.717, 1.165) is 6.07 Å². The van der Waals surface area contributed by atoms with Crippen molar-refractivity contribution in [2.24, 2.45) is 5.11 Å². The minimum absolute atomic E-state index is 0.0254. The van der Waals surface area contributed by atoms with Gasteiger partial charge in [-0.05, 0) is 23.6 Å². The molecule has 0 aliphatic rings. The Kier molecular flexibility index (Phi) is 4.95. The van der Waals surface area contributed by atoms with Gasteiger partial charge in [0.2, 0.25) is 0 Å². The number of halogens is 2. The van der Waals surface area contributed by atoms with Crippen molar-refractivity contribution in [2.45, 2.75) is 19.1 Å². The zero-order valence-electron chi connectivity index (χ0n) is 9.60. The molecule has 0 saturated heterocycles. The van der Waals surface area contributed by atoms with Crippen LogP contribution < -0.4 is 0 Å². The van der Waals surface area contributed by atoms with Crippen molar-refractivity contribution in [3.8, 4) is 0 Å². The van der Waals surface area contributed by atoms with Crippen molar-refractivity contribution in [1.29, 1.82) is 0 Å². The Morgan fingerprint density at radius 3 is 2.72 bits per heavy atom. The molecule has 0 heterocycles. The topological polar surface area (TPSA) is 82.9 Å². The van der Waals surface area contributed by atoms with Crippen LogP contribution >= 0.6 is 11.6 Å². The fourth-order valence-corrected chi connectivity index (χ4v) is 3.27. The first kappa shape index (κ1) is 14.8. The van der Waals surface area contributed by atoms with Gasteiger partial charge in [0.05, 0.1) is 22.2 Å². The molecular weight excluding hydrogens is 281 g/mol. The summed E-state index contributed by atoms with van der Waals surface area (Å²) in [6, 6.07) is 2.31. The summed E-state index contributed by atoms with van der Waals surface area (Å²) in [7, 11) is -3.29. The van der Waals surface area contributed by atoms with E-state index in [1.807, 2.05) is 0 Å². The summed E-state index contributed by atoms with van der Waals surface area (Å²) in [5.74, 6) is -1.06. The van der Waals surface area contributed by atoms with Gasteiger partial charge in [0.15, 0.2) is 9.84 Å². The van der Waals surface area contributed by atoms with Crippen LogP contribution in [-0.2, 0) is 15.6 Å². The first-order valence-corrected chi connectivity index (χ1v) is 7.33. The standard InChI is InChI=1S/C10H11ClFN3O2S/c1-2-5-18(16,17)6-7-3-4-8(12)10(9(7)11)14-15-13/h3-4H,2,5-6H2,1H3. The van der Waals surface area contributed by atoms with Crippen molar-refractivity contribution in [2.75, 3.05) is 5.75 Å². The van der Waals surface area contributed by atoms with Gasteiger partial charge in [-0.25, -0.2) is 12.8 Å². The van der Waals surface area contributed by atoms with Gasteiger partial charge in [-0.3, -0.25) is 0 Å². The highest BCUT2D eigenvalue weighted by molar-refractivity contribution is 7.90. The number of sulfone groups is 1. The van der Waals surface area contributed by atoms with Crippen LogP contribution in [0.15, 0.2) is 17.2 Å². The number of hydrogen-bond donors (Lipinski definition) is 0. The van der Waals surface area contributed by atoms with Crippen molar-refractivity contribution >= 4 is 27.1 Å². The molecule has 8 heteroatoms. The molecule has 1 rings (SSSR count). The van der Waals surface area contributed by atoms with Crippen molar-refractivity contribution in [3.63, 3.8) is 0 Å². The average molecular weight is 292 g/mol. The molecule has 0 aromatic heterocycles. The number of rotatable bonds is 5. The third kappa shape index (κ3) is 3.60. The fourth-order valence-electron chi connectivity index (χ4n) is 1.45. The van der Waals surface area contributed by atoms with Crippen molar-refractivity contribution in [3.05, 3.63) is 39.0 Å². The Morgan fingerprint density at radius 2 is 2.17 bits per heavy atom. The second-order valence-corrected chi connectivity index (χ2v) is 6.21. The molecule has 0 bridgehead atoms. The maximum absolute atomic E-state index is 13.3. The van der Waals surface area contributed by atoms with Crippen LogP contribution in [0.1, 0.15) is 18.9 Å². The maximum Gasteiger partial charge on any atom is 0.154 e.